The normalized spacial score (nSPS) is 11.6. The van der Waals surface area contributed by atoms with Crippen LogP contribution in [-0.2, 0) is 6.18 Å². The van der Waals surface area contributed by atoms with Gasteiger partial charge in [0, 0.05) is 6.07 Å². The van der Waals surface area contributed by atoms with E-state index in [4.69, 9.17) is 4.74 Å². The Kier molecular flexibility index (Phi) is 3.37. The molecule has 0 aliphatic heterocycles. The van der Waals surface area contributed by atoms with Crippen LogP contribution in [0, 0.1) is 0 Å². The molecule has 1 aromatic carbocycles. The molecule has 102 valence electrons. The molecular formula is C12H11F3N2O2. The molecule has 2 aromatic rings. The minimum atomic E-state index is -4.57. The summed E-state index contributed by atoms with van der Waals surface area (Å²) >= 11 is 0. The van der Waals surface area contributed by atoms with Crippen LogP contribution in [-0.4, -0.2) is 16.4 Å². The summed E-state index contributed by atoms with van der Waals surface area (Å²) in [4.78, 5) is 11.5. The molecular weight excluding hydrogens is 261 g/mol. The quantitative estimate of drug-likeness (QED) is 0.933. The third-order valence-corrected chi connectivity index (χ3v) is 2.43. The molecule has 0 radical (unpaired) electrons. The first-order valence-electron chi connectivity index (χ1n) is 5.54. The number of alkyl halides is 3. The average molecular weight is 272 g/mol. The van der Waals surface area contributed by atoms with E-state index in [2.05, 4.69) is 0 Å². The van der Waals surface area contributed by atoms with Crippen LogP contribution in [0.1, 0.15) is 12.6 Å². The zero-order valence-electron chi connectivity index (χ0n) is 9.99. The SMILES string of the molecule is CCOc1ccc(-n2[nH]c(C(F)(F)F)cc2=O)cc1. The van der Waals surface area contributed by atoms with Crippen LogP contribution in [0.5, 0.6) is 5.75 Å². The second kappa shape index (κ2) is 4.83. The highest BCUT2D eigenvalue weighted by atomic mass is 19.4. The lowest BCUT2D eigenvalue weighted by molar-refractivity contribution is -0.141. The summed E-state index contributed by atoms with van der Waals surface area (Å²) in [6.07, 6.45) is -4.57. The molecule has 2 rings (SSSR count). The Morgan fingerprint density at radius 1 is 1.26 bits per heavy atom. The van der Waals surface area contributed by atoms with Gasteiger partial charge in [0.25, 0.3) is 5.56 Å². The van der Waals surface area contributed by atoms with E-state index in [-0.39, 0.29) is 0 Å². The summed E-state index contributed by atoms with van der Waals surface area (Å²) in [5, 5.41) is 2.03. The fourth-order valence-corrected chi connectivity index (χ4v) is 1.59. The van der Waals surface area contributed by atoms with Crippen molar-refractivity contribution in [2.24, 2.45) is 0 Å². The van der Waals surface area contributed by atoms with Crippen molar-refractivity contribution in [1.29, 1.82) is 0 Å². The standard InChI is InChI=1S/C12H11F3N2O2/c1-2-19-9-5-3-8(4-6-9)17-11(18)7-10(16-17)12(13,14)15/h3-7,16H,2H2,1H3. The third-order valence-electron chi connectivity index (χ3n) is 2.43. The number of halogens is 3. The van der Waals surface area contributed by atoms with Crippen LogP contribution >= 0.6 is 0 Å². The van der Waals surface area contributed by atoms with Gasteiger partial charge in [-0.15, -0.1) is 0 Å². The second-order valence-electron chi connectivity index (χ2n) is 3.77. The third kappa shape index (κ3) is 2.81. The molecule has 4 nitrogen and oxygen atoms in total. The first-order valence-corrected chi connectivity index (χ1v) is 5.54. The van der Waals surface area contributed by atoms with Crippen molar-refractivity contribution in [3.8, 4) is 11.4 Å². The van der Waals surface area contributed by atoms with Crippen LogP contribution < -0.4 is 10.3 Å². The van der Waals surface area contributed by atoms with E-state index in [1.807, 2.05) is 12.0 Å². The smallest absolute Gasteiger partial charge is 0.432 e. The molecule has 1 aromatic heterocycles. The molecule has 0 fully saturated rings. The van der Waals surface area contributed by atoms with E-state index in [1.54, 1.807) is 12.1 Å². The molecule has 0 bridgehead atoms. The summed E-state index contributed by atoms with van der Waals surface area (Å²) in [5.41, 5.74) is -1.54. The van der Waals surface area contributed by atoms with Gasteiger partial charge in [-0.3, -0.25) is 9.89 Å². The number of nitrogens with one attached hydrogen (secondary N) is 1. The van der Waals surface area contributed by atoms with E-state index in [0.717, 1.165) is 4.68 Å². The highest BCUT2D eigenvalue weighted by Gasteiger charge is 2.33. The number of H-pyrrole nitrogens is 1. The molecule has 7 heteroatoms. The zero-order valence-corrected chi connectivity index (χ0v) is 9.99. The Labute approximate surface area is 106 Å². The molecule has 1 heterocycles. The molecule has 0 spiro atoms. The number of nitrogens with zero attached hydrogens (tertiary/aromatic N) is 1. The second-order valence-corrected chi connectivity index (χ2v) is 3.77. The molecule has 19 heavy (non-hydrogen) atoms. The van der Waals surface area contributed by atoms with Crippen molar-refractivity contribution in [3.05, 3.63) is 46.4 Å². The predicted octanol–water partition coefficient (Wildman–Crippen LogP) is 2.58. The van der Waals surface area contributed by atoms with Crippen molar-refractivity contribution in [2.45, 2.75) is 13.1 Å². The number of hydrogen-bond acceptors (Lipinski definition) is 2. The first-order chi connectivity index (χ1) is 8.91. The lowest BCUT2D eigenvalue weighted by Crippen LogP contribution is -2.13. The van der Waals surface area contributed by atoms with Crippen LogP contribution in [0.2, 0.25) is 0 Å². The van der Waals surface area contributed by atoms with Gasteiger partial charge in [0.2, 0.25) is 0 Å². The summed E-state index contributed by atoms with van der Waals surface area (Å²) < 4.78 is 43.4. The number of rotatable bonds is 3. The molecule has 0 amide bonds. The molecule has 0 unspecified atom stereocenters. The minimum absolute atomic E-state index is 0.309. The summed E-state index contributed by atoms with van der Waals surface area (Å²) in [6.45, 7) is 2.30. The van der Waals surface area contributed by atoms with Crippen LogP contribution in [0.25, 0.3) is 5.69 Å². The average Bonchev–Trinajstić information content (AvgIpc) is 2.73. The number of aromatic amines is 1. The van der Waals surface area contributed by atoms with Crippen molar-refractivity contribution in [1.82, 2.24) is 9.78 Å². The van der Waals surface area contributed by atoms with Gasteiger partial charge in [-0.25, -0.2) is 4.68 Å². The van der Waals surface area contributed by atoms with Gasteiger partial charge < -0.3 is 4.74 Å². The summed E-state index contributed by atoms with van der Waals surface area (Å²) in [7, 11) is 0. The van der Waals surface area contributed by atoms with Crippen LogP contribution in [0.3, 0.4) is 0 Å². The molecule has 1 N–H and O–H groups in total. The van der Waals surface area contributed by atoms with Crippen LogP contribution in [0.4, 0.5) is 13.2 Å². The molecule has 0 saturated carbocycles. The van der Waals surface area contributed by atoms with Crippen LogP contribution in [0.15, 0.2) is 35.1 Å². The molecule has 0 aliphatic rings. The lowest BCUT2D eigenvalue weighted by atomic mass is 10.3. The fraction of sp³-hybridized carbons (Fsp3) is 0.250. The predicted molar refractivity (Wildman–Crippen MR) is 62.6 cm³/mol. The van der Waals surface area contributed by atoms with Crippen molar-refractivity contribution in [2.75, 3.05) is 6.61 Å². The Morgan fingerprint density at radius 2 is 1.89 bits per heavy atom. The Balaban J connectivity index is 2.37. The van der Waals surface area contributed by atoms with Gasteiger partial charge in [0.1, 0.15) is 11.4 Å². The largest absolute Gasteiger partial charge is 0.494 e. The van der Waals surface area contributed by atoms with E-state index >= 15 is 0 Å². The maximum absolute atomic E-state index is 12.5. The highest BCUT2D eigenvalue weighted by Crippen LogP contribution is 2.26. The molecule has 0 saturated heterocycles. The van der Waals surface area contributed by atoms with Crippen molar-refractivity contribution >= 4 is 0 Å². The Morgan fingerprint density at radius 3 is 2.37 bits per heavy atom. The lowest BCUT2D eigenvalue weighted by Gasteiger charge is -2.06. The summed E-state index contributed by atoms with van der Waals surface area (Å²) in [6, 6.07) is 6.70. The van der Waals surface area contributed by atoms with Gasteiger partial charge >= 0.3 is 6.18 Å². The number of benzene rings is 1. The fourth-order valence-electron chi connectivity index (χ4n) is 1.59. The zero-order chi connectivity index (χ0) is 14.0. The van der Waals surface area contributed by atoms with E-state index in [9.17, 15) is 18.0 Å². The van der Waals surface area contributed by atoms with Crippen molar-refractivity contribution in [3.63, 3.8) is 0 Å². The Bertz CT molecular complexity index is 611. The van der Waals surface area contributed by atoms with Gasteiger partial charge in [0.15, 0.2) is 0 Å². The van der Waals surface area contributed by atoms with Gasteiger partial charge in [-0.2, -0.15) is 13.2 Å². The monoisotopic (exact) mass is 272 g/mol. The van der Waals surface area contributed by atoms with E-state index in [1.165, 1.54) is 12.1 Å². The molecule has 0 atom stereocenters. The van der Waals surface area contributed by atoms with Gasteiger partial charge in [-0.1, -0.05) is 0 Å². The first kappa shape index (κ1) is 13.3. The topological polar surface area (TPSA) is 47.0 Å². The highest BCUT2D eigenvalue weighted by molar-refractivity contribution is 5.37. The minimum Gasteiger partial charge on any atom is -0.494 e. The Hall–Kier alpha value is -2.18. The maximum Gasteiger partial charge on any atom is 0.432 e. The number of aromatic nitrogens is 2. The van der Waals surface area contributed by atoms with E-state index in [0.29, 0.717) is 24.1 Å². The number of hydrogen-bond donors (Lipinski definition) is 1. The van der Waals surface area contributed by atoms with E-state index < -0.39 is 17.4 Å². The maximum atomic E-state index is 12.5. The summed E-state index contributed by atoms with van der Waals surface area (Å²) in [5.74, 6) is 0.585. The van der Waals surface area contributed by atoms with Gasteiger partial charge in [0.05, 0.1) is 12.3 Å². The van der Waals surface area contributed by atoms with Gasteiger partial charge in [-0.05, 0) is 31.2 Å². The molecule has 0 aliphatic carbocycles. The van der Waals surface area contributed by atoms with Crippen molar-refractivity contribution < 1.29 is 17.9 Å². The number of ether oxygens (including phenoxy) is 1.